The molecule has 8 heteroatoms. The molecule has 0 bridgehead atoms. The van der Waals surface area contributed by atoms with Crippen LogP contribution in [0.1, 0.15) is 36.0 Å². The van der Waals surface area contributed by atoms with Gasteiger partial charge in [-0.1, -0.05) is 23.7 Å². The molecular weight excluding hydrogens is 404 g/mol. The van der Waals surface area contributed by atoms with E-state index in [4.69, 9.17) is 21.1 Å². The number of benzene rings is 1. The molecule has 1 aliphatic heterocycles. The van der Waals surface area contributed by atoms with Gasteiger partial charge < -0.3 is 29.9 Å². The van der Waals surface area contributed by atoms with Crippen molar-refractivity contribution < 1.29 is 29.9 Å². The quantitative estimate of drug-likeness (QED) is 0.563. The molecule has 1 aromatic carbocycles. The van der Waals surface area contributed by atoms with Crippen LogP contribution >= 0.6 is 22.9 Å². The molecule has 3 rings (SSSR count). The molecule has 0 amide bonds. The first-order valence-electron chi connectivity index (χ1n) is 9.14. The van der Waals surface area contributed by atoms with E-state index in [1.807, 2.05) is 44.2 Å². The first-order chi connectivity index (χ1) is 13.3. The molecule has 6 nitrogen and oxygen atoms in total. The van der Waals surface area contributed by atoms with Gasteiger partial charge in [0.15, 0.2) is 0 Å². The Balaban J connectivity index is 1.75. The van der Waals surface area contributed by atoms with Gasteiger partial charge >= 0.3 is 0 Å². The van der Waals surface area contributed by atoms with Crippen molar-refractivity contribution in [2.24, 2.45) is 0 Å². The number of hydrogen-bond acceptors (Lipinski definition) is 7. The molecule has 2 aromatic rings. The third-order valence-electron chi connectivity index (χ3n) is 4.64. The van der Waals surface area contributed by atoms with Gasteiger partial charge in [-0.05, 0) is 49.6 Å². The van der Waals surface area contributed by atoms with E-state index in [0.29, 0.717) is 15.6 Å². The second kappa shape index (κ2) is 9.09. The van der Waals surface area contributed by atoms with Crippen LogP contribution in [-0.4, -0.2) is 57.6 Å². The second-order valence-corrected chi connectivity index (χ2v) is 8.87. The van der Waals surface area contributed by atoms with Crippen molar-refractivity contribution >= 4 is 22.9 Å². The lowest BCUT2D eigenvalue weighted by molar-refractivity contribution is -0.230. The molecular formula is C20H25ClO6S. The Hall–Kier alpha value is -1.19. The standard InChI is InChI=1S/C20H25ClO6S/c1-10(2)26-13-5-3-11(4-6-13)7-12-8-15(28-20(12)21)19-18(25)17(24)16(23)14(9-22)27-19/h3-6,8,10,14,16-19,22-25H,7,9H2,1-2H3. The molecule has 4 N–H and O–H groups in total. The minimum atomic E-state index is -1.41. The maximum Gasteiger partial charge on any atom is 0.121 e. The van der Waals surface area contributed by atoms with E-state index < -0.39 is 37.1 Å². The van der Waals surface area contributed by atoms with Gasteiger partial charge in [-0.2, -0.15) is 0 Å². The van der Waals surface area contributed by atoms with Gasteiger partial charge in [-0.3, -0.25) is 0 Å². The highest BCUT2D eigenvalue weighted by molar-refractivity contribution is 7.16. The summed E-state index contributed by atoms with van der Waals surface area (Å²) in [6.45, 7) is 3.48. The van der Waals surface area contributed by atoms with Crippen LogP contribution in [0.3, 0.4) is 0 Å². The number of thiophene rings is 1. The lowest BCUT2D eigenvalue weighted by Crippen LogP contribution is -2.55. The fraction of sp³-hybridized carbons (Fsp3) is 0.500. The zero-order valence-electron chi connectivity index (χ0n) is 15.7. The van der Waals surface area contributed by atoms with Crippen molar-refractivity contribution in [3.63, 3.8) is 0 Å². The van der Waals surface area contributed by atoms with Gasteiger partial charge in [0.2, 0.25) is 0 Å². The van der Waals surface area contributed by atoms with Crippen molar-refractivity contribution in [2.45, 2.75) is 56.9 Å². The summed E-state index contributed by atoms with van der Waals surface area (Å²) in [5, 5.41) is 39.6. The van der Waals surface area contributed by atoms with E-state index >= 15 is 0 Å². The van der Waals surface area contributed by atoms with Crippen LogP contribution < -0.4 is 4.74 Å². The lowest BCUT2D eigenvalue weighted by atomic mass is 9.94. The first-order valence-corrected chi connectivity index (χ1v) is 10.3. The van der Waals surface area contributed by atoms with Crippen molar-refractivity contribution in [2.75, 3.05) is 6.61 Å². The fourth-order valence-electron chi connectivity index (χ4n) is 3.20. The molecule has 1 saturated heterocycles. The Kier molecular flexibility index (Phi) is 6.98. The molecule has 0 spiro atoms. The molecule has 1 aliphatic rings. The second-order valence-electron chi connectivity index (χ2n) is 7.18. The number of aliphatic hydroxyl groups is 4. The van der Waals surface area contributed by atoms with E-state index in [1.165, 1.54) is 11.3 Å². The maximum atomic E-state index is 10.3. The molecule has 1 fully saturated rings. The van der Waals surface area contributed by atoms with Crippen LogP contribution in [0, 0.1) is 0 Å². The highest BCUT2D eigenvalue weighted by Crippen LogP contribution is 2.39. The lowest BCUT2D eigenvalue weighted by Gasteiger charge is -2.39. The average molecular weight is 429 g/mol. The van der Waals surface area contributed by atoms with Crippen LogP contribution in [0.15, 0.2) is 30.3 Å². The average Bonchev–Trinajstić information content (AvgIpc) is 3.01. The summed E-state index contributed by atoms with van der Waals surface area (Å²) < 4.78 is 11.8. The molecule has 5 atom stereocenters. The monoisotopic (exact) mass is 428 g/mol. The smallest absolute Gasteiger partial charge is 0.121 e. The predicted octanol–water partition coefficient (Wildman–Crippen LogP) is 2.29. The van der Waals surface area contributed by atoms with Crippen LogP contribution in [-0.2, 0) is 11.2 Å². The molecule has 0 saturated carbocycles. The Morgan fingerprint density at radius 2 is 1.79 bits per heavy atom. The van der Waals surface area contributed by atoms with Crippen LogP contribution in [0.2, 0.25) is 4.34 Å². The largest absolute Gasteiger partial charge is 0.491 e. The summed E-state index contributed by atoms with van der Waals surface area (Å²) in [6, 6.07) is 9.60. The highest BCUT2D eigenvalue weighted by atomic mass is 35.5. The van der Waals surface area contributed by atoms with Gasteiger partial charge in [0.1, 0.15) is 36.3 Å². The molecule has 1 aromatic heterocycles. The summed E-state index contributed by atoms with van der Waals surface area (Å²) in [4.78, 5) is 0.636. The Bertz CT molecular complexity index is 776. The van der Waals surface area contributed by atoms with Gasteiger partial charge in [-0.15, -0.1) is 11.3 Å². The zero-order valence-corrected chi connectivity index (χ0v) is 17.2. The highest BCUT2D eigenvalue weighted by Gasteiger charge is 2.44. The van der Waals surface area contributed by atoms with E-state index in [-0.39, 0.29) is 6.10 Å². The van der Waals surface area contributed by atoms with Crippen molar-refractivity contribution in [1.82, 2.24) is 0 Å². The summed E-state index contributed by atoms with van der Waals surface area (Å²) >= 11 is 7.65. The van der Waals surface area contributed by atoms with Crippen LogP contribution in [0.25, 0.3) is 0 Å². The van der Waals surface area contributed by atoms with Crippen LogP contribution in [0.4, 0.5) is 0 Å². The minimum absolute atomic E-state index is 0.110. The molecule has 28 heavy (non-hydrogen) atoms. The number of halogens is 1. The number of rotatable bonds is 6. The van der Waals surface area contributed by atoms with E-state index in [2.05, 4.69) is 0 Å². The number of ether oxygens (including phenoxy) is 2. The van der Waals surface area contributed by atoms with Gasteiger partial charge in [0.25, 0.3) is 0 Å². The topological polar surface area (TPSA) is 99.4 Å². The Labute approximate surface area is 172 Å². The molecule has 2 heterocycles. The summed E-state index contributed by atoms with van der Waals surface area (Å²) in [6.07, 6.45) is -5.21. The maximum absolute atomic E-state index is 10.3. The van der Waals surface area contributed by atoms with Gasteiger partial charge in [-0.25, -0.2) is 0 Å². The van der Waals surface area contributed by atoms with Crippen molar-refractivity contribution in [3.8, 4) is 5.75 Å². The number of hydrogen-bond donors (Lipinski definition) is 4. The fourth-order valence-corrected chi connectivity index (χ4v) is 4.57. The summed E-state index contributed by atoms with van der Waals surface area (Å²) in [5.74, 6) is 0.803. The van der Waals surface area contributed by atoms with E-state index in [0.717, 1.165) is 16.9 Å². The summed E-state index contributed by atoms with van der Waals surface area (Å²) in [5.41, 5.74) is 1.92. The Morgan fingerprint density at radius 1 is 1.11 bits per heavy atom. The molecule has 154 valence electrons. The zero-order chi connectivity index (χ0) is 20.4. The van der Waals surface area contributed by atoms with Crippen molar-refractivity contribution in [3.05, 3.63) is 50.7 Å². The SMILES string of the molecule is CC(C)Oc1ccc(Cc2cc(C3OC(CO)C(O)C(O)C3O)sc2Cl)cc1. The van der Waals surface area contributed by atoms with E-state index in [1.54, 1.807) is 0 Å². The van der Waals surface area contributed by atoms with Crippen molar-refractivity contribution in [1.29, 1.82) is 0 Å². The third-order valence-corrected chi connectivity index (χ3v) is 6.14. The predicted molar refractivity (Wildman–Crippen MR) is 107 cm³/mol. The molecule has 0 radical (unpaired) electrons. The minimum Gasteiger partial charge on any atom is -0.491 e. The van der Waals surface area contributed by atoms with Gasteiger partial charge in [0.05, 0.1) is 17.0 Å². The first kappa shape index (κ1) is 21.5. The normalized spacial score (nSPS) is 27.9. The third kappa shape index (κ3) is 4.68. The molecule has 0 aliphatic carbocycles. The number of aliphatic hydroxyl groups excluding tert-OH is 4. The van der Waals surface area contributed by atoms with Gasteiger partial charge in [0, 0.05) is 4.88 Å². The molecule has 5 unspecified atom stereocenters. The van der Waals surface area contributed by atoms with Crippen LogP contribution in [0.5, 0.6) is 5.75 Å². The van der Waals surface area contributed by atoms with E-state index in [9.17, 15) is 20.4 Å². The summed E-state index contributed by atoms with van der Waals surface area (Å²) in [7, 11) is 0. The Morgan fingerprint density at radius 3 is 2.39 bits per heavy atom.